The predicted molar refractivity (Wildman–Crippen MR) is 79.6 cm³/mol. The number of para-hydroxylation sites is 1. The lowest BCUT2D eigenvalue weighted by Gasteiger charge is -2.09. The van der Waals surface area contributed by atoms with Gasteiger partial charge in [-0.1, -0.05) is 13.0 Å². The Bertz CT molecular complexity index is 652. The number of nitrogens with one attached hydrogen (secondary N) is 1. The molecule has 0 unspecified atom stereocenters. The molecule has 7 nitrogen and oxygen atoms in total. The average Bonchev–Trinajstić information content (AvgIpc) is 2.84. The van der Waals surface area contributed by atoms with Gasteiger partial charge in [-0.15, -0.1) is 0 Å². The maximum atomic E-state index is 11.2. The molecule has 0 bridgehead atoms. The van der Waals surface area contributed by atoms with Gasteiger partial charge in [0, 0.05) is 25.4 Å². The van der Waals surface area contributed by atoms with E-state index in [1.807, 2.05) is 20.2 Å². The fraction of sp³-hybridized carbons (Fsp3) is 0.357. The first-order chi connectivity index (χ1) is 10.1. The van der Waals surface area contributed by atoms with Gasteiger partial charge in [-0.25, -0.2) is 0 Å². The minimum Gasteiger partial charge on any atom is -0.490 e. The number of hydrogen-bond acceptors (Lipinski definition) is 5. The molecule has 1 aromatic carbocycles. The standard InChI is InChI=1S/C14H18N4O3/c1-4-11-10(9-17(2)16-11)8-15-12-6-5-7-13(21-3)14(12)18(19)20/h5-7,9,15H,4,8H2,1-3H3. The lowest BCUT2D eigenvalue weighted by molar-refractivity contribution is -0.384. The van der Waals surface area contributed by atoms with Gasteiger partial charge < -0.3 is 10.1 Å². The normalized spacial score (nSPS) is 10.4. The number of benzene rings is 1. The molecule has 2 aromatic rings. The molecule has 1 N–H and O–H groups in total. The second-order valence-electron chi connectivity index (χ2n) is 4.60. The highest BCUT2D eigenvalue weighted by Gasteiger charge is 2.20. The smallest absolute Gasteiger partial charge is 0.333 e. The van der Waals surface area contributed by atoms with Crippen molar-refractivity contribution in [3.8, 4) is 5.75 Å². The number of anilines is 1. The molecule has 2 rings (SSSR count). The van der Waals surface area contributed by atoms with Crippen LogP contribution in [-0.4, -0.2) is 21.8 Å². The summed E-state index contributed by atoms with van der Waals surface area (Å²) in [5.74, 6) is 0.243. The predicted octanol–water partition coefficient (Wildman–Crippen LogP) is 2.51. The quantitative estimate of drug-likeness (QED) is 0.653. The van der Waals surface area contributed by atoms with E-state index in [1.165, 1.54) is 7.11 Å². The van der Waals surface area contributed by atoms with Crippen molar-refractivity contribution in [2.45, 2.75) is 19.9 Å². The fourth-order valence-electron chi connectivity index (χ4n) is 2.24. The van der Waals surface area contributed by atoms with Gasteiger partial charge in [-0.05, 0) is 18.6 Å². The van der Waals surface area contributed by atoms with Gasteiger partial charge in [0.05, 0.1) is 17.7 Å². The number of nitrogens with zero attached hydrogens (tertiary/aromatic N) is 3. The van der Waals surface area contributed by atoms with E-state index in [0.717, 1.165) is 17.7 Å². The molecule has 0 saturated heterocycles. The molecule has 0 amide bonds. The van der Waals surface area contributed by atoms with E-state index in [2.05, 4.69) is 10.4 Å². The lowest BCUT2D eigenvalue weighted by Crippen LogP contribution is -2.05. The number of aryl methyl sites for hydroxylation is 2. The largest absolute Gasteiger partial charge is 0.490 e. The Morgan fingerprint density at radius 1 is 1.48 bits per heavy atom. The van der Waals surface area contributed by atoms with Crippen molar-refractivity contribution in [3.63, 3.8) is 0 Å². The van der Waals surface area contributed by atoms with Crippen molar-refractivity contribution in [1.82, 2.24) is 9.78 Å². The molecule has 0 saturated carbocycles. The van der Waals surface area contributed by atoms with E-state index in [0.29, 0.717) is 12.2 Å². The zero-order chi connectivity index (χ0) is 15.4. The Kier molecular flexibility index (Phi) is 4.42. The zero-order valence-electron chi connectivity index (χ0n) is 12.3. The van der Waals surface area contributed by atoms with Crippen LogP contribution in [0.25, 0.3) is 0 Å². The van der Waals surface area contributed by atoms with E-state index >= 15 is 0 Å². The molecule has 1 heterocycles. The molecule has 7 heteroatoms. The van der Waals surface area contributed by atoms with Crippen molar-refractivity contribution in [1.29, 1.82) is 0 Å². The van der Waals surface area contributed by atoms with Gasteiger partial charge in [0.2, 0.25) is 0 Å². The molecule has 0 aliphatic heterocycles. The Balaban J connectivity index is 2.25. The number of nitro groups is 1. The molecule has 21 heavy (non-hydrogen) atoms. The number of hydrogen-bond donors (Lipinski definition) is 1. The molecule has 1 aromatic heterocycles. The minimum atomic E-state index is -0.439. The summed E-state index contributed by atoms with van der Waals surface area (Å²) in [5, 5.41) is 18.7. The van der Waals surface area contributed by atoms with Crippen LogP contribution in [0.1, 0.15) is 18.2 Å². The monoisotopic (exact) mass is 290 g/mol. The summed E-state index contributed by atoms with van der Waals surface area (Å²) in [4.78, 5) is 10.8. The number of nitro benzene ring substituents is 1. The molecule has 0 fully saturated rings. The topological polar surface area (TPSA) is 82.2 Å². The molecular formula is C14H18N4O3. The summed E-state index contributed by atoms with van der Waals surface area (Å²) in [6.07, 6.45) is 2.73. The second-order valence-corrected chi connectivity index (χ2v) is 4.60. The maximum Gasteiger partial charge on any atom is 0.333 e. The Morgan fingerprint density at radius 3 is 2.86 bits per heavy atom. The molecular weight excluding hydrogens is 272 g/mol. The maximum absolute atomic E-state index is 11.2. The Hall–Kier alpha value is -2.57. The summed E-state index contributed by atoms with van der Waals surface area (Å²) >= 11 is 0. The number of aromatic nitrogens is 2. The summed E-state index contributed by atoms with van der Waals surface area (Å²) in [7, 11) is 3.28. The van der Waals surface area contributed by atoms with E-state index < -0.39 is 4.92 Å². The first kappa shape index (κ1) is 14.8. The third kappa shape index (κ3) is 3.13. The number of methoxy groups -OCH3 is 1. The van der Waals surface area contributed by atoms with Gasteiger partial charge in [0.15, 0.2) is 5.75 Å². The van der Waals surface area contributed by atoms with Crippen LogP contribution in [0.4, 0.5) is 11.4 Å². The minimum absolute atomic E-state index is 0.0538. The summed E-state index contributed by atoms with van der Waals surface area (Å²) in [6.45, 7) is 2.50. The van der Waals surface area contributed by atoms with Crippen LogP contribution < -0.4 is 10.1 Å². The van der Waals surface area contributed by atoms with Crippen molar-refractivity contribution in [3.05, 3.63) is 45.8 Å². The lowest BCUT2D eigenvalue weighted by atomic mass is 10.2. The summed E-state index contributed by atoms with van der Waals surface area (Å²) in [6, 6.07) is 4.96. The van der Waals surface area contributed by atoms with Gasteiger partial charge in [0.1, 0.15) is 5.69 Å². The molecule has 112 valence electrons. The third-order valence-corrected chi connectivity index (χ3v) is 3.20. The van der Waals surface area contributed by atoms with Crippen LogP contribution in [0.15, 0.2) is 24.4 Å². The van der Waals surface area contributed by atoms with Crippen molar-refractivity contribution >= 4 is 11.4 Å². The third-order valence-electron chi connectivity index (χ3n) is 3.20. The van der Waals surface area contributed by atoms with E-state index in [1.54, 1.807) is 22.9 Å². The van der Waals surface area contributed by atoms with Gasteiger partial charge in [-0.3, -0.25) is 14.8 Å². The molecule has 0 aliphatic carbocycles. The Labute approximate surface area is 122 Å². The number of ether oxygens (including phenoxy) is 1. The average molecular weight is 290 g/mol. The van der Waals surface area contributed by atoms with Crippen molar-refractivity contribution in [2.24, 2.45) is 7.05 Å². The first-order valence-corrected chi connectivity index (χ1v) is 6.63. The van der Waals surface area contributed by atoms with Crippen molar-refractivity contribution < 1.29 is 9.66 Å². The molecule has 0 radical (unpaired) electrons. The van der Waals surface area contributed by atoms with Crippen LogP contribution >= 0.6 is 0 Å². The van der Waals surface area contributed by atoms with Crippen LogP contribution in [0.5, 0.6) is 5.75 Å². The highest BCUT2D eigenvalue weighted by molar-refractivity contribution is 5.68. The van der Waals surface area contributed by atoms with Gasteiger partial charge in [-0.2, -0.15) is 5.10 Å². The van der Waals surface area contributed by atoms with Gasteiger partial charge >= 0.3 is 5.69 Å². The second kappa shape index (κ2) is 6.25. The van der Waals surface area contributed by atoms with E-state index in [-0.39, 0.29) is 11.4 Å². The van der Waals surface area contributed by atoms with E-state index in [4.69, 9.17) is 4.74 Å². The van der Waals surface area contributed by atoms with Crippen LogP contribution in [0.3, 0.4) is 0 Å². The molecule has 0 spiro atoms. The number of rotatable bonds is 6. The van der Waals surface area contributed by atoms with Crippen LogP contribution in [0, 0.1) is 10.1 Å². The highest BCUT2D eigenvalue weighted by Crippen LogP contribution is 2.34. The molecule has 0 aliphatic rings. The first-order valence-electron chi connectivity index (χ1n) is 6.63. The van der Waals surface area contributed by atoms with Crippen LogP contribution in [-0.2, 0) is 20.0 Å². The Morgan fingerprint density at radius 2 is 2.24 bits per heavy atom. The zero-order valence-corrected chi connectivity index (χ0v) is 12.3. The van der Waals surface area contributed by atoms with E-state index in [9.17, 15) is 10.1 Å². The van der Waals surface area contributed by atoms with Crippen LogP contribution in [0.2, 0.25) is 0 Å². The van der Waals surface area contributed by atoms with Gasteiger partial charge in [0.25, 0.3) is 0 Å². The SMILES string of the molecule is CCc1nn(C)cc1CNc1cccc(OC)c1[N+](=O)[O-]. The molecule has 0 atom stereocenters. The summed E-state index contributed by atoms with van der Waals surface area (Å²) in [5.41, 5.74) is 2.39. The highest BCUT2D eigenvalue weighted by atomic mass is 16.6. The fourth-order valence-corrected chi connectivity index (χ4v) is 2.24. The summed E-state index contributed by atoms with van der Waals surface area (Å²) < 4.78 is 6.80. The van der Waals surface area contributed by atoms with Crippen molar-refractivity contribution in [2.75, 3.05) is 12.4 Å².